The Hall–Kier alpha value is -2.33. The van der Waals surface area contributed by atoms with E-state index in [4.69, 9.17) is 11.6 Å². The van der Waals surface area contributed by atoms with E-state index in [0.717, 1.165) is 16.7 Å². The number of halogens is 1. The number of hydrogen-bond donors (Lipinski definition) is 1. The first-order valence-electron chi connectivity index (χ1n) is 9.70. The normalized spacial score (nSPS) is 11.9. The van der Waals surface area contributed by atoms with Crippen molar-refractivity contribution in [2.24, 2.45) is 0 Å². The number of carbonyl (C=O) groups excluding carboxylic acids is 2. The maximum Gasteiger partial charge on any atom is 0.243 e. The van der Waals surface area contributed by atoms with Gasteiger partial charge in [-0.05, 0) is 50.5 Å². The Morgan fingerprint density at radius 1 is 1.07 bits per heavy atom. The number of nitrogens with zero attached hydrogens (tertiary/aromatic N) is 1. The zero-order valence-electron chi connectivity index (χ0n) is 17.0. The maximum absolute atomic E-state index is 13.2. The lowest BCUT2D eigenvalue weighted by Crippen LogP contribution is -2.50. The standard InChI is InChI=1S/C23H29ClN2O2/c1-5-21(23(28)25-16(2)3)26(15-18-11-9-17(4)10-12-18)22(27)14-19-7-6-8-20(24)13-19/h6-13,16,21H,5,14-15H2,1-4H3,(H,25,28)/t21-/m0/s1. The molecule has 0 radical (unpaired) electrons. The van der Waals surface area contributed by atoms with Gasteiger partial charge in [-0.3, -0.25) is 9.59 Å². The highest BCUT2D eigenvalue weighted by molar-refractivity contribution is 6.30. The molecule has 0 fully saturated rings. The second kappa shape index (κ2) is 10.3. The van der Waals surface area contributed by atoms with E-state index in [1.807, 2.05) is 64.1 Å². The minimum absolute atomic E-state index is 0.0193. The molecule has 1 atom stereocenters. The van der Waals surface area contributed by atoms with Crippen LogP contribution in [0, 0.1) is 6.92 Å². The summed E-state index contributed by atoms with van der Waals surface area (Å²) >= 11 is 6.06. The predicted octanol–water partition coefficient (Wildman–Crippen LogP) is 4.52. The van der Waals surface area contributed by atoms with E-state index < -0.39 is 6.04 Å². The molecular formula is C23H29ClN2O2. The molecule has 0 aliphatic heterocycles. The Morgan fingerprint density at radius 2 is 1.75 bits per heavy atom. The van der Waals surface area contributed by atoms with Gasteiger partial charge in [-0.2, -0.15) is 0 Å². The van der Waals surface area contributed by atoms with Crippen LogP contribution in [0.3, 0.4) is 0 Å². The highest BCUT2D eigenvalue weighted by Gasteiger charge is 2.28. The molecule has 28 heavy (non-hydrogen) atoms. The topological polar surface area (TPSA) is 49.4 Å². The molecule has 0 saturated heterocycles. The van der Waals surface area contributed by atoms with Crippen LogP contribution in [0.2, 0.25) is 5.02 Å². The van der Waals surface area contributed by atoms with Crippen LogP contribution >= 0.6 is 11.6 Å². The quantitative estimate of drug-likeness (QED) is 0.708. The minimum atomic E-state index is -0.518. The van der Waals surface area contributed by atoms with Gasteiger partial charge in [0.25, 0.3) is 0 Å². The van der Waals surface area contributed by atoms with Crippen molar-refractivity contribution in [1.29, 1.82) is 0 Å². The third-order valence-electron chi connectivity index (χ3n) is 4.53. The lowest BCUT2D eigenvalue weighted by atomic mass is 10.1. The summed E-state index contributed by atoms with van der Waals surface area (Å²) in [6.07, 6.45) is 0.754. The van der Waals surface area contributed by atoms with Gasteiger partial charge in [-0.25, -0.2) is 0 Å². The van der Waals surface area contributed by atoms with Crippen LogP contribution in [0.1, 0.15) is 43.9 Å². The molecule has 2 aromatic carbocycles. The molecule has 150 valence electrons. The molecule has 2 rings (SSSR count). The van der Waals surface area contributed by atoms with Gasteiger partial charge in [-0.15, -0.1) is 0 Å². The highest BCUT2D eigenvalue weighted by Crippen LogP contribution is 2.17. The number of benzene rings is 2. The lowest BCUT2D eigenvalue weighted by molar-refractivity contribution is -0.141. The number of nitrogens with one attached hydrogen (secondary N) is 1. The van der Waals surface area contributed by atoms with E-state index >= 15 is 0 Å². The molecule has 0 heterocycles. The summed E-state index contributed by atoms with van der Waals surface area (Å²) in [4.78, 5) is 27.6. The van der Waals surface area contributed by atoms with Crippen molar-refractivity contribution in [2.75, 3.05) is 0 Å². The number of aryl methyl sites for hydroxylation is 1. The average molecular weight is 401 g/mol. The van der Waals surface area contributed by atoms with E-state index in [1.165, 1.54) is 0 Å². The molecule has 0 aromatic heterocycles. The number of carbonyl (C=O) groups is 2. The number of rotatable bonds is 8. The second-order valence-electron chi connectivity index (χ2n) is 7.40. The molecule has 0 aliphatic carbocycles. The van der Waals surface area contributed by atoms with Gasteiger partial charge in [0.1, 0.15) is 6.04 Å². The van der Waals surface area contributed by atoms with E-state index in [1.54, 1.807) is 17.0 Å². The third-order valence-corrected chi connectivity index (χ3v) is 4.77. The van der Waals surface area contributed by atoms with Gasteiger partial charge in [0, 0.05) is 17.6 Å². The maximum atomic E-state index is 13.2. The fourth-order valence-corrected chi connectivity index (χ4v) is 3.33. The van der Waals surface area contributed by atoms with Crippen molar-refractivity contribution in [3.8, 4) is 0 Å². The summed E-state index contributed by atoms with van der Waals surface area (Å²) in [6, 6.07) is 14.8. The Morgan fingerprint density at radius 3 is 2.32 bits per heavy atom. The first-order chi connectivity index (χ1) is 13.3. The Labute approximate surface area is 172 Å². The summed E-state index contributed by atoms with van der Waals surface area (Å²) in [6.45, 7) is 8.19. The lowest BCUT2D eigenvalue weighted by Gasteiger charge is -2.31. The Balaban J connectivity index is 2.28. The fourth-order valence-electron chi connectivity index (χ4n) is 3.11. The fraction of sp³-hybridized carbons (Fsp3) is 0.391. The third kappa shape index (κ3) is 6.38. The van der Waals surface area contributed by atoms with Crippen molar-refractivity contribution >= 4 is 23.4 Å². The molecule has 2 amide bonds. The molecule has 0 aliphatic rings. The largest absolute Gasteiger partial charge is 0.352 e. The van der Waals surface area contributed by atoms with Crippen LogP contribution in [-0.4, -0.2) is 28.8 Å². The Bertz CT molecular complexity index is 803. The highest BCUT2D eigenvalue weighted by atomic mass is 35.5. The van der Waals surface area contributed by atoms with Crippen LogP contribution in [0.25, 0.3) is 0 Å². The Kier molecular flexibility index (Phi) is 8.06. The van der Waals surface area contributed by atoms with E-state index in [-0.39, 0.29) is 24.3 Å². The van der Waals surface area contributed by atoms with Crippen molar-refractivity contribution in [1.82, 2.24) is 10.2 Å². The molecule has 4 nitrogen and oxygen atoms in total. The van der Waals surface area contributed by atoms with Gasteiger partial charge in [0.15, 0.2) is 0 Å². The van der Waals surface area contributed by atoms with Crippen molar-refractivity contribution in [3.05, 3.63) is 70.2 Å². The predicted molar refractivity (Wildman–Crippen MR) is 114 cm³/mol. The molecule has 0 spiro atoms. The summed E-state index contributed by atoms with van der Waals surface area (Å²) < 4.78 is 0. The van der Waals surface area contributed by atoms with Gasteiger partial charge in [0.05, 0.1) is 6.42 Å². The van der Waals surface area contributed by atoms with Gasteiger partial charge in [0.2, 0.25) is 11.8 Å². The molecule has 2 aromatic rings. The van der Waals surface area contributed by atoms with Crippen LogP contribution in [-0.2, 0) is 22.6 Å². The molecule has 0 saturated carbocycles. The van der Waals surface area contributed by atoms with Crippen molar-refractivity contribution in [2.45, 2.75) is 59.2 Å². The van der Waals surface area contributed by atoms with E-state index in [0.29, 0.717) is 18.0 Å². The summed E-state index contributed by atoms with van der Waals surface area (Å²) in [5, 5.41) is 3.54. The molecule has 0 unspecified atom stereocenters. The summed E-state index contributed by atoms with van der Waals surface area (Å²) in [5.41, 5.74) is 3.00. The first-order valence-corrected chi connectivity index (χ1v) is 10.1. The SMILES string of the molecule is CC[C@@H](C(=O)NC(C)C)N(Cc1ccc(C)cc1)C(=O)Cc1cccc(Cl)c1. The van der Waals surface area contributed by atoms with Gasteiger partial charge in [-0.1, -0.05) is 60.5 Å². The van der Waals surface area contributed by atoms with Gasteiger partial charge < -0.3 is 10.2 Å². The first kappa shape index (κ1) is 22.0. The number of amides is 2. The van der Waals surface area contributed by atoms with Crippen LogP contribution in [0.4, 0.5) is 0 Å². The van der Waals surface area contributed by atoms with Crippen molar-refractivity contribution < 1.29 is 9.59 Å². The zero-order valence-corrected chi connectivity index (χ0v) is 17.8. The molecular weight excluding hydrogens is 372 g/mol. The monoisotopic (exact) mass is 400 g/mol. The second-order valence-corrected chi connectivity index (χ2v) is 7.84. The average Bonchev–Trinajstić information content (AvgIpc) is 2.62. The smallest absolute Gasteiger partial charge is 0.243 e. The molecule has 0 bridgehead atoms. The van der Waals surface area contributed by atoms with Crippen LogP contribution in [0.5, 0.6) is 0 Å². The van der Waals surface area contributed by atoms with Gasteiger partial charge >= 0.3 is 0 Å². The zero-order chi connectivity index (χ0) is 20.7. The van der Waals surface area contributed by atoms with E-state index in [2.05, 4.69) is 5.32 Å². The number of hydrogen-bond acceptors (Lipinski definition) is 2. The van der Waals surface area contributed by atoms with E-state index in [9.17, 15) is 9.59 Å². The minimum Gasteiger partial charge on any atom is -0.352 e. The summed E-state index contributed by atoms with van der Waals surface area (Å²) in [7, 11) is 0. The summed E-state index contributed by atoms with van der Waals surface area (Å²) in [5.74, 6) is -0.211. The molecule has 5 heteroatoms. The van der Waals surface area contributed by atoms with Crippen LogP contribution in [0.15, 0.2) is 48.5 Å². The van der Waals surface area contributed by atoms with Crippen molar-refractivity contribution in [3.63, 3.8) is 0 Å². The van der Waals surface area contributed by atoms with Crippen LogP contribution < -0.4 is 5.32 Å². The molecule has 1 N–H and O–H groups in total.